The summed E-state index contributed by atoms with van der Waals surface area (Å²) in [7, 11) is 3.83. The molecule has 1 atom stereocenters. The highest BCUT2D eigenvalue weighted by molar-refractivity contribution is 6.33. The summed E-state index contributed by atoms with van der Waals surface area (Å²) in [6.07, 6.45) is 0. The molecule has 11 heteroatoms. The van der Waals surface area contributed by atoms with Crippen LogP contribution in [-0.4, -0.2) is 79.1 Å². The Morgan fingerprint density at radius 2 is 1.77 bits per heavy atom. The third-order valence-corrected chi connectivity index (χ3v) is 7.61. The summed E-state index contributed by atoms with van der Waals surface area (Å²) in [6.45, 7) is 3.96. The van der Waals surface area contributed by atoms with Gasteiger partial charge in [-0.2, -0.15) is 0 Å². The average molecular weight is 561 g/mol. The number of nitro groups is 1. The highest BCUT2D eigenvalue weighted by Gasteiger charge is 2.37. The number of nitrogens with zero attached hydrogens (tertiary/aromatic N) is 5. The first kappa shape index (κ1) is 27.4. The molecule has 0 spiro atoms. The molecule has 1 saturated heterocycles. The fraction of sp³-hybridized carbons (Fsp3) is 0.276. The number of rotatable bonds is 7. The summed E-state index contributed by atoms with van der Waals surface area (Å²) in [4.78, 5) is 47.9. The number of fused-ring (bicyclic) bond motifs is 1. The van der Waals surface area contributed by atoms with Gasteiger partial charge in [0.1, 0.15) is 10.9 Å². The zero-order valence-corrected chi connectivity index (χ0v) is 23.0. The van der Waals surface area contributed by atoms with Crippen molar-refractivity contribution in [3.8, 4) is 0 Å². The summed E-state index contributed by atoms with van der Waals surface area (Å²) in [5.74, 6) is -1.22. The minimum absolute atomic E-state index is 0.00488. The van der Waals surface area contributed by atoms with Gasteiger partial charge in [0.25, 0.3) is 5.69 Å². The Balaban J connectivity index is 1.43. The van der Waals surface area contributed by atoms with E-state index in [1.165, 1.54) is 12.1 Å². The molecule has 3 aromatic carbocycles. The van der Waals surface area contributed by atoms with E-state index in [0.717, 1.165) is 31.9 Å². The molecule has 0 bridgehead atoms. The fourth-order valence-electron chi connectivity index (χ4n) is 4.92. The molecule has 0 aromatic heterocycles. The SMILES string of the molecule is CN1CCN(CC(=O)N(C)c2ccc(N=C(c3ccccc3)C3C(=O)Nc4cc(Cl)c([N+](=O)[O-])cc43)cc2)CC1. The number of amides is 2. The lowest BCUT2D eigenvalue weighted by Gasteiger charge is -2.32. The van der Waals surface area contributed by atoms with Crippen molar-refractivity contribution in [1.82, 2.24) is 9.80 Å². The van der Waals surface area contributed by atoms with Gasteiger partial charge in [-0.3, -0.25) is 29.6 Å². The summed E-state index contributed by atoms with van der Waals surface area (Å²) in [5, 5.41) is 14.3. The van der Waals surface area contributed by atoms with Crippen molar-refractivity contribution in [3.63, 3.8) is 0 Å². The lowest BCUT2D eigenvalue weighted by Crippen LogP contribution is -2.48. The van der Waals surface area contributed by atoms with Gasteiger partial charge in [-0.15, -0.1) is 0 Å². The number of aliphatic imine (C=N–C) groups is 1. The Morgan fingerprint density at radius 1 is 1.10 bits per heavy atom. The van der Waals surface area contributed by atoms with Crippen LogP contribution in [0.25, 0.3) is 0 Å². The first-order chi connectivity index (χ1) is 19.2. The van der Waals surface area contributed by atoms with Crippen LogP contribution in [0, 0.1) is 10.1 Å². The molecule has 40 heavy (non-hydrogen) atoms. The maximum atomic E-state index is 13.2. The van der Waals surface area contributed by atoms with Gasteiger partial charge in [-0.05, 0) is 42.9 Å². The number of benzene rings is 3. The van der Waals surface area contributed by atoms with Crippen LogP contribution in [0.3, 0.4) is 0 Å². The number of piperazine rings is 1. The van der Waals surface area contributed by atoms with Crippen molar-refractivity contribution in [2.24, 2.45) is 4.99 Å². The van der Waals surface area contributed by atoms with Crippen LogP contribution >= 0.6 is 11.6 Å². The lowest BCUT2D eigenvalue weighted by molar-refractivity contribution is -0.384. The van der Waals surface area contributed by atoms with E-state index in [2.05, 4.69) is 22.2 Å². The molecule has 1 N–H and O–H groups in total. The van der Waals surface area contributed by atoms with Gasteiger partial charge in [-0.1, -0.05) is 41.9 Å². The van der Waals surface area contributed by atoms with Gasteiger partial charge in [0.05, 0.1) is 22.9 Å². The van der Waals surface area contributed by atoms with E-state index in [4.69, 9.17) is 16.6 Å². The zero-order chi connectivity index (χ0) is 28.4. The van der Waals surface area contributed by atoms with Gasteiger partial charge in [0.15, 0.2) is 0 Å². The molecule has 206 valence electrons. The van der Waals surface area contributed by atoms with Crippen molar-refractivity contribution >= 4 is 51.9 Å². The molecule has 10 nitrogen and oxygen atoms in total. The van der Waals surface area contributed by atoms with E-state index in [0.29, 0.717) is 34.8 Å². The Kier molecular flexibility index (Phi) is 7.92. The standard InChI is InChI=1S/C29H29ClN6O4/c1-33-12-14-35(15-13-33)18-26(37)34(2)21-10-8-20(9-11-21)31-28(19-6-4-3-5-7-19)27-22-16-25(36(39)40)23(30)17-24(22)32-29(27)38/h3-11,16-17,27H,12-15,18H2,1-2H3,(H,32,38). The molecule has 0 radical (unpaired) electrons. The van der Waals surface area contributed by atoms with E-state index < -0.39 is 10.8 Å². The molecular weight excluding hydrogens is 532 g/mol. The molecule has 1 unspecified atom stereocenters. The second kappa shape index (κ2) is 11.5. The molecule has 2 aliphatic heterocycles. The number of hydrogen-bond acceptors (Lipinski definition) is 7. The average Bonchev–Trinajstić information content (AvgIpc) is 3.26. The Morgan fingerprint density at radius 3 is 2.42 bits per heavy atom. The van der Waals surface area contributed by atoms with Gasteiger partial charge in [0.2, 0.25) is 11.8 Å². The number of nitrogens with one attached hydrogen (secondary N) is 1. The molecule has 1 fully saturated rings. The van der Waals surface area contributed by atoms with Crippen LogP contribution in [0.2, 0.25) is 5.02 Å². The zero-order valence-electron chi connectivity index (χ0n) is 22.2. The van der Waals surface area contributed by atoms with E-state index in [-0.39, 0.29) is 22.5 Å². The molecule has 2 aliphatic rings. The van der Waals surface area contributed by atoms with Crippen LogP contribution in [0.1, 0.15) is 17.0 Å². The monoisotopic (exact) mass is 560 g/mol. The maximum absolute atomic E-state index is 13.2. The van der Waals surface area contributed by atoms with Crippen molar-refractivity contribution < 1.29 is 14.5 Å². The molecule has 2 amide bonds. The number of hydrogen-bond donors (Lipinski definition) is 1. The minimum Gasteiger partial charge on any atom is -0.325 e. The second-order valence-corrected chi connectivity index (χ2v) is 10.4. The van der Waals surface area contributed by atoms with Crippen molar-refractivity contribution in [2.75, 3.05) is 57.0 Å². The van der Waals surface area contributed by atoms with Crippen LogP contribution in [0.4, 0.5) is 22.7 Å². The Hall–Kier alpha value is -4.12. The quantitative estimate of drug-likeness (QED) is 0.262. The summed E-state index contributed by atoms with van der Waals surface area (Å²) in [6, 6.07) is 19.2. The van der Waals surface area contributed by atoms with Gasteiger partial charge >= 0.3 is 0 Å². The summed E-state index contributed by atoms with van der Waals surface area (Å²) in [5.41, 5.74) is 3.04. The smallest absolute Gasteiger partial charge is 0.288 e. The normalized spacial score (nSPS) is 17.8. The third-order valence-electron chi connectivity index (χ3n) is 7.31. The predicted molar refractivity (Wildman–Crippen MR) is 156 cm³/mol. The summed E-state index contributed by atoms with van der Waals surface area (Å²) >= 11 is 6.09. The highest BCUT2D eigenvalue weighted by Crippen LogP contribution is 2.41. The second-order valence-electron chi connectivity index (χ2n) is 9.98. The van der Waals surface area contributed by atoms with E-state index in [1.54, 1.807) is 24.1 Å². The van der Waals surface area contributed by atoms with Crippen LogP contribution in [0.5, 0.6) is 0 Å². The Labute approximate surface area is 237 Å². The van der Waals surface area contributed by atoms with Crippen LogP contribution in [0.15, 0.2) is 71.7 Å². The molecule has 0 saturated carbocycles. The van der Waals surface area contributed by atoms with Gasteiger partial charge in [-0.25, -0.2) is 0 Å². The highest BCUT2D eigenvalue weighted by atomic mass is 35.5. The number of nitro benzene ring substituents is 1. The molecule has 3 aromatic rings. The Bertz CT molecular complexity index is 1470. The molecule has 0 aliphatic carbocycles. The minimum atomic E-state index is -0.874. The summed E-state index contributed by atoms with van der Waals surface area (Å²) < 4.78 is 0. The van der Waals surface area contributed by atoms with Gasteiger partial charge in [0, 0.05) is 56.2 Å². The van der Waals surface area contributed by atoms with Crippen molar-refractivity contribution in [2.45, 2.75) is 5.92 Å². The predicted octanol–water partition coefficient (Wildman–Crippen LogP) is 4.32. The first-order valence-corrected chi connectivity index (χ1v) is 13.3. The number of carbonyl (C=O) groups is 2. The van der Waals surface area contributed by atoms with Crippen molar-refractivity contribution in [3.05, 3.63) is 93.0 Å². The van der Waals surface area contributed by atoms with E-state index >= 15 is 0 Å². The van der Waals surface area contributed by atoms with Crippen LogP contribution in [-0.2, 0) is 9.59 Å². The maximum Gasteiger partial charge on any atom is 0.288 e. The molecular formula is C29H29ClN6O4. The first-order valence-electron chi connectivity index (χ1n) is 12.9. The number of carbonyl (C=O) groups excluding carboxylic acids is 2. The fourth-order valence-corrected chi connectivity index (χ4v) is 5.16. The lowest BCUT2D eigenvalue weighted by atomic mass is 9.90. The largest absolute Gasteiger partial charge is 0.325 e. The number of anilines is 2. The molecule has 2 heterocycles. The third kappa shape index (κ3) is 5.74. The van der Waals surface area contributed by atoms with Gasteiger partial charge < -0.3 is 15.1 Å². The number of halogens is 1. The van der Waals surface area contributed by atoms with E-state index in [1.807, 2.05) is 42.5 Å². The number of likely N-dealkylation sites (N-methyl/N-ethyl adjacent to an activating group) is 2. The van der Waals surface area contributed by atoms with Crippen LogP contribution < -0.4 is 10.2 Å². The van der Waals surface area contributed by atoms with Crippen molar-refractivity contribution in [1.29, 1.82) is 0 Å². The van der Waals surface area contributed by atoms with E-state index in [9.17, 15) is 19.7 Å². The topological polar surface area (TPSA) is 111 Å². The molecule has 5 rings (SSSR count).